The average molecular weight is 303 g/mol. The van der Waals surface area contributed by atoms with Gasteiger partial charge in [-0.15, -0.1) is 0 Å². The Bertz CT molecular complexity index is 567. The number of piperazine rings is 1. The lowest BCUT2D eigenvalue weighted by Crippen LogP contribution is -2.57. The van der Waals surface area contributed by atoms with E-state index in [1.807, 2.05) is 23.1 Å². The molecule has 1 amide bonds. The van der Waals surface area contributed by atoms with Gasteiger partial charge in [0, 0.05) is 26.2 Å². The van der Waals surface area contributed by atoms with E-state index in [9.17, 15) is 4.79 Å². The number of methoxy groups -OCH3 is 1. The number of ether oxygens (including phenoxy) is 1. The largest absolute Gasteiger partial charge is 0.496 e. The van der Waals surface area contributed by atoms with Gasteiger partial charge in [0.25, 0.3) is 0 Å². The molecule has 120 valence electrons. The van der Waals surface area contributed by atoms with Crippen LogP contribution in [0.25, 0.3) is 0 Å². The average Bonchev–Trinajstić information content (AvgIpc) is 2.93. The molecule has 5 heteroatoms. The molecule has 22 heavy (non-hydrogen) atoms. The van der Waals surface area contributed by atoms with Crippen molar-refractivity contribution in [2.24, 2.45) is 5.73 Å². The van der Waals surface area contributed by atoms with Crippen molar-refractivity contribution >= 4 is 5.91 Å². The van der Waals surface area contributed by atoms with Gasteiger partial charge in [0.05, 0.1) is 7.11 Å². The van der Waals surface area contributed by atoms with Crippen LogP contribution >= 0.6 is 0 Å². The molecule has 1 heterocycles. The summed E-state index contributed by atoms with van der Waals surface area (Å²) in [6.45, 7) is 6.60. The lowest BCUT2D eigenvalue weighted by molar-refractivity contribution is -0.139. The number of rotatable bonds is 3. The van der Waals surface area contributed by atoms with E-state index in [4.69, 9.17) is 10.5 Å². The Labute approximate surface area is 132 Å². The molecular weight excluding hydrogens is 278 g/mol. The van der Waals surface area contributed by atoms with E-state index in [0.717, 1.165) is 56.0 Å². The molecule has 1 fully saturated rings. The van der Waals surface area contributed by atoms with Gasteiger partial charge in [-0.05, 0) is 36.6 Å². The van der Waals surface area contributed by atoms with Crippen LogP contribution in [0, 0.1) is 0 Å². The summed E-state index contributed by atoms with van der Waals surface area (Å²) in [4.78, 5) is 17.3. The molecule has 1 atom stereocenters. The van der Waals surface area contributed by atoms with E-state index in [1.54, 1.807) is 7.11 Å². The van der Waals surface area contributed by atoms with Gasteiger partial charge in [0.1, 0.15) is 11.3 Å². The molecule has 1 saturated heterocycles. The summed E-state index contributed by atoms with van der Waals surface area (Å²) in [5.74, 6) is 0.906. The SMILES string of the molecule is CCN1CCN(C(=O)C2(N)CCc3c(OC)cccc32)CC1. The second-order valence-corrected chi connectivity index (χ2v) is 6.18. The predicted octanol–water partition coefficient (Wildman–Crippen LogP) is 0.960. The second kappa shape index (κ2) is 5.89. The number of likely N-dealkylation sites (N-methyl/N-ethyl adjacent to an activating group) is 1. The van der Waals surface area contributed by atoms with Gasteiger partial charge in [0.2, 0.25) is 5.91 Å². The first-order valence-corrected chi connectivity index (χ1v) is 8.07. The molecule has 1 aromatic rings. The number of hydrogen-bond acceptors (Lipinski definition) is 4. The molecule has 1 aliphatic carbocycles. The van der Waals surface area contributed by atoms with E-state index in [1.165, 1.54) is 0 Å². The number of nitrogens with zero attached hydrogens (tertiary/aromatic N) is 2. The van der Waals surface area contributed by atoms with Crippen molar-refractivity contribution in [3.8, 4) is 5.75 Å². The van der Waals surface area contributed by atoms with Crippen LogP contribution in [0.1, 0.15) is 24.5 Å². The summed E-state index contributed by atoms with van der Waals surface area (Å²) >= 11 is 0. The van der Waals surface area contributed by atoms with E-state index >= 15 is 0 Å². The number of fused-ring (bicyclic) bond motifs is 1. The summed E-state index contributed by atoms with van der Waals surface area (Å²) in [6, 6.07) is 5.84. The van der Waals surface area contributed by atoms with Crippen molar-refractivity contribution in [1.82, 2.24) is 9.80 Å². The van der Waals surface area contributed by atoms with Crippen molar-refractivity contribution < 1.29 is 9.53 Å². The van der Waals surface area contributed by atoms with Crippen molar-refractivity contribution in [3.05, 3.63) is 29.3 Å². The first kappa shape index (κ1) is 15.3. The minimum atomic E-state index is -0.891. The number of carbonyl (C=O) groups is 1. The first-order chi connectivity index (χ1) is 10.6. The summed E-state index contributed by atoms with van der Waals surface area (Å²) in [5.41, 5.74) is 7.72. The van der Waals surface area contributed by atoms with Crippen molar-refractivity contribution in [1.29, 1.82) is 0 Å². The van der Waals surface area contributed by atoms with Crippen LogP contribution in [-0.4, -0.2) is 55.5 Å². The van der Waals surface area contributed by atoms with E-state index in [-0.39, 0.29) is 5.91 Å². The van der Waals surface area contributed by atoms with Crippen LogP contribution in [0.3, 0.4) is 0 Å². The smallest absolute Gasteiger partial charge is 0.247 e. The number of amides is 1. The highest BCUT2D eigenvalue weighted by atomic mass is 16.5. The molecule has 2 aliphatic rings. The fourth-order valence-corrected chi connectivity index (χ4v) is 3.66. The summed E-state index contributed by atoms with van der Waals surface area (Å²) in [6.07, 6.45) is 1.46. The second-order valence-electron chi connectivity index (χ2n) is 6.18. The highest BCUT2D eigenvalue weighted by molar-refractivity contribution is 5.89. The number of benzene rings is 1. The Hall–Kier alpha value is -1.59. The lowest BCUT2D eigenvalue weighted by Gasteiger charge is -2.38. The minimum absolute atomic E-state index is 0.0651. The molecule has 0 bridgehead atoms. The third-order valence-corrected chi connectivity index (χ3v) is 5.09. The van der Waals surface area contributed by atoms with Gasteiger partial charge in [-0.25, -0.2) is 0 Å². The Morgan fingerprint density at radius 2 is 2.05 bits per heavy atom. The standard InChI is InChI=1S/C17H25N3O2/c1-3-19-9-11-20(12-10-19)16(21)17(18)8-7-13-14(17)5-4-6-15(13)22-2/h4-6H,3,7-12,18H2,1-2H3. The fraction of sp³-hybridized carbons (Fsp3) is 0.588. The summed E-state index contributed by atoms with van der Waals surface area (Å²) < 4.78 is 5.42. The molecule has 1 aromatic carbocycles. The van der Waals surface area contributed by atoms with Gasteiger partial charge in [0.15, 0.2) is 0 Å². The van der Waals surface area contributed by atoms with Crippen LogP contribution < -0.4 is 10.5 Å². The first-order valence-electron chi connectivity index (χ1n) is 8.07. The van der Waals surface area contributed by atoms with Gasteiger partial charge in [-0.1, -0.05) is 19.1 Å². The van der Waals surface area contributed by atoms with E-state index in [0.29, 0.717) is 6.42 Å². The lowest BCUT2D eigenvalue weighted by atomic mass is 9.91. The molecule has 0 radical (unpaired) electrons. The Balaban J connectivity index is 1.83. The van der Waals surface area contributed by atoms with Crippen LogP contribution in [0.5, 0.6) is 5.75 Å². The maximum atomic E-state index is 13.0. The van der Waals surface area contributed by atoms with Crippen LogP contribution in [0.4, 0.5) is 0 Å². The zero-order valence-corrected chi connectivity index (χ0v) is 13.5. The number of carbonyl (C=O) groups excluding carboxylic acids is 1. The molecule has 2 N–H and O–H groups in total. The topological polar surface area (TPSA) is 58.8 Å². The van der Waals surface area contributed by atoms with Crippen molar-refractivity contribution in [3.63, 3.8) is 0 Å². The molecule has 1 unspecified atom stereocenters. The van der Waals surface area contributed by atoms with Crippen LogP contribution in [-0.2, 0) is 16.8 Å². The Kier molecular flexibility index (Phi) is 4.10. The van der Waals surface area contributed by atoms with Gasteiger partial charge in [-0.2, -0.15) is 0 Å². The maximum Gasteiger partial charge on any atom is 0.247 e. The molecule has 3 rings (SSSR count). The van der Waals surface area contributed by atoms with Gasteiger partial charge >= 0.3 is 0 Å². The minimum Gasteiger partial charge on any atom is -0.496 e. The highest BCUT2D eigenvalue weighted by Gasteiger charge is 2.45. The number of nitrogens with two attached hydrogens (primary N) is 1. The van der Waals surface area contributed by atoms with Crippen molar-refractivity contribution in [2.45, 2.75) is 25.3 Å². The monoisotopic (exact) mass is 303 g/mol. The Morgan fingerprint density at radius 1 is 1.32 bits per heavy atom. The third-order valence-electron chi connectivity index (χ3n) is 5.09. The van der Waals surface area contributed by atoms with Crippen molar-refractivity contribution in [2.75, 3.05) is 39.8 Å². The van der Waals surface area contributed by atoms with E-state index < -0.39 is 5.54 Å². The number of hydrogen-bond donors (Lipinski definition) is 1. The molecule has 5 nitrogen and oxygen atoms in total. The van der Waals surface area contributed by atoms with Gasteiger partial charge in [-0.3, -0.25) is 4.79 Å². The molecule has 1 aliphatic heterocycles. The fourth-order valence-electron chi connectivity index (χ4n) is 3.66. The normalized spacial score (nSPS) is 25.1. The molecule has 0 saturated carbocycles. The van der Waals surface area contributed by atoms with Gasteiger partial charge < -0.3 is 20.3 Å². The maximum absolute atomic E-state index is 13.0. The molecule has 0 aromatic heterocycles. The zero-order valence-electron chi connectivity index (χ0n) is 13.5. The van der Waals surface area contributed by atoms with Crippen LogP contribution in [0.2, 0.25) is 0 Å². The molecule has 0 spiro atoms. The predicted molar refractivity (Wildman–Crippen MR) is 85.9 cm³/mol. The Morgan fingerprint density at radius 3 is 2.68 bits per heavy atom. The summed E-state index contributed by atoms with van der Waals surface area (Å²) in [7, 11) is 1.66. The molecular formula is C17H25N3O2. The quantitative estimate of drug-likeness (QED) is 0.903. The summed E-state index contributed by atoms with van der Waals surface area (Å²) in [5, 5.41) is 0. The van der Waals surface area contributed by atoms with Crippen LogP contribution in [0.15, 0.2) is 18.2 Å². The van der Waals surface area contributed by atoms with E-state index in [2.05, 4.69) is 11.8 Å². The zero-order chi connectivity index (χ0) is 15.7. The highest BCUT2D eigenvalue weighted by Crippen LogP contribution is 2.40. The third kappa shape index (κ3) is 2.38.